The standard InChI is InChI=1S/C25H28N4O2/c1-31-23(30)21-15-19-18-11-5-6-12-20(18)28-22(19)29(21)25(24(28)26,27-13-7-8-14-27)16-17-9-3-2-4-10-17/h2-6,9-12,19,21-22,26H,7-8,13-16H2,1H3/t19-,21-,22-,25+/m0/s1. The number of nitrogens with zero attached hydrogens (tertiary/aromatic N) is 3. The van der Waals surface area contributed by atoms with Crippen LogP contribution in [0.2, 0.25) is 0 Å². The van der Waals surface area contributed by atoms with Gasteiger partial charge in [0, 0.05) is 31.1 Å². The van der Waals surface area contributed by atoms with Crippen molar-refractivity contribution in [2.24, 2.45) is 0 Å². The lowest BCUT2D eigenvalue weighted by atomic mass is 9.94. The van der Waals surface area contributed by atoms with Gasteiger partial charge >= 0.3 is 5.97 Å². The largest absolute Gasteiger partial charge is 0.468 e. The molecule has 6 rings (SSSR count). The maximum atomic E-state index is 13.0. The molecule has 0 spiro atoms. The van der Waals surface area contributed by atoms with Gasteiger partial charge in [-0.15, -0.1) is 0 Å². The summed E-state index contributed by atoms with van der Waals surface area (Å²) < 4.78 is 5.29. The maximum Gasteiger partial charge on any atom is 0.323 e. The van der Waals surface area contributed by atoms with E-state index in [1.165, 1.54) is 18.2 Å². The van der Waals surface area contributed by atoms with Gasteiger partial charge in [-0.1, -0.05) is 48.5 Å². The van der Waals surface area contributed by atoms with Crippen LogP contribution in [-0.4, -0.2) is 59.7 Å². The SMILES string of the molecule is COC(=O)[C@@H]1C[C@H]2c3ccccc3N3C(=N)[C@](Cc4ccccc4)(N4CCCC4)N1[C@@H]23. The number of hydrogen-bond donors (Lipinski definition) is 1. The highest BCUT2D eigenvalue weighted by atomic mass is 16.5. The van der Waals surface area contributed by atoms with E-state index in [1.807, 2.05) is 6.07 Å². The highest BCUT2D eigenvalue weighted by Crippen LogP contribution is 2.58. The summed E-state index contributed by atoms with van der Waals surface area (Å²) in [5.41, 5.74) is 2.94. The molecule has 4 heterocycles. The lowest BCUT2D eigenvalue weighted by Crippen LogP contribution is -2.65. The number of rotatable bonds is 4. The number of carbonyl (C=O) groups is 1. The first-order valence-electron chi connectivity index (χ1n) is 11.3. The van der Waals surface area contributed by atoms with Gasteiger partial charge in [0.05, 0.1) is 13.3 Å². The maximum absolute atomic E-state index is 13.0. The fourth-order valence-electron chi connectivity index (χ4n) is 6.57. The Bertz CT molecular complexity index is 1030. The number of likely N-dealkylation sites (tertiary alicyclic amines) is 1. The molecule has 0 bridgehead atoms. The van der Waals surface area contributed by atoms with Crippen LogP contribution in [0.3, 0.4) is 0 Å². The summed E-state index contributed by atoms with van der Waals surface area (Å²) in [5.74, 6) is 0.630. The molecule has 0 aliphatic carbocycles. The van der Waals surface area contributed by atoms with Gasteiger partial charge in [0.1, 0.15) is 17.5 Å². The lowest BCUT2D eigenvalue weighted by Gasteiger charge is -2.45. The second-order valence-corrected chi connectivity index (χ2v) is 9.15. The van der Waals surface area contributed by atoms with E-state index < -0.39 is 5.66 Å². The number of methoxy groups -OCH3 is 1. The molecule has 3 saturated heterocycles. The topological polar surface area (TPSA) is 59.9 Å². The van der Waals surface area contributed by atoms with Crippen LogP contribution >= 0.6 is 0 Å². The van der Waals surface area contributed by atoms with Crippen LogP contribution in [0.25, 0.3) is 0 Å². The molecular weight excluding hydrogens is 388 g/mol. The Morgan fingerprint density at radius 3 is 2.55 bits per heavy atom. The third kappa shape index (κ3) is 2.46. The summed E-state index contributed by atoms with van der Waals surface area (Å²) in [6, 6.07) is 18.5. The minimum Gasteiger partial charge on any atom is -0.468 e. The first-order chi connectivity index (χ1) is 15.2. The third-order valence-electron chi connectivity index (χ3n) is 7.76. The van der Waals surface area contributed by atoms with Crippen LogP contribution in [0.15, 0.2) is 54.6 Å². The number of carbonyl (C=O) groups excluding carboxylic acids is 1. The summed E-state index contributed by atoms with van der Waals surface area (Å²) in [5, 5.41) is 9.56. The number of para-hydroxylation sites is 1. The summed E-state index contributed by atoms with van der Waals surface area (Å²) in [6.45, 7) is 1.90. The average Bonchev–Trinajstić information content (AvgIpc) is 3.56. The molecule has 0 saturated carbocycles. The zero-order chi connectivity index (χ0) is 21.2. The van der Waals surface area contributed by atoms with E-state index in [1.54, 1.807) is 0 Å². The second kappa shape index (κ2) is 6.90. The van der Waals surface area contributed by atoms with E-state index >= 15 is 0 Å². The smallest absolute Gasteiger partial charge is 0.323 e. The van der Waals surface area contributed by atoms with Crippen molar-refractivity contribution in [3.8, 4) is 0 Å². The monoisotopic (exact) mass is 416 g/mol. The molecule has 2 aromatic rings. The fraction of sp³-hybridized carbons (Fsp3) is 0.440. The lowest BCUT2D eigenvalue weighted by molar-refractivity contribution is -0.150. The van der Waals surface area contributed by atoms with Gasteiger partial charge < -0.3 is 9.64 Å². The Balaban J connectivity index is 1.55. The van der Waals surface area contributed by atoms with Gasteiger partial charge in [-0.2, -0.15) is 0 Å². The molecule has 3 fully saturated rings. The van der Waals surface area contributed by atoms with Crippen molar-refractivity contribution in [2.75, 3.05) is 25.1 Å². The summed E-state index contributed by atoms with van der Waals surface area (Å²) in [7, 11) is 1.48. The molecule has 6 heteroatoms. The highest BCUT2D eigenvalue weighted by molar-refractivity contribution is 6.08. The summed E-state index contributed by atoms with van der Waals surface area (Å²) in [6.07, 6.45) is 3.69. The molecule has 4 aliphatic heterocycles. The van der Waals surface area contributed by atoms with Crippen LogP contribution in [-0.2, 0) is 16.0 Å². The molecule has 6 nitrogen and oxygen atoms in total. The first-order valence-corrected chi connectivity index (χ1v) is 11.3. The molecule has 0 aromatic heterocycles. The van der Waals surface area contributed by atoms with Crippen molar-refractivity contribution in [3.63, 3.8) is 0 Å². The van der Waals surface area contributed by atoms with Crippen molar-refractivity contribution < 1.29 is 9.53 Å². The molecule has 0 radical (unpaired) electrons. The van der Waals surface area contributed by atoms with Gasteiger partial charge in [-0.3, -0.25) is 15.1 Å². The van der Waals surface area contributed by atoms with Gasteiger partial charge in [-0.05, 0) is 36.5 Å². The van der Waals surface area contributed by atoms with Gasteiger partial charge in [0.2, 0.25) is 0 Å². The fourth-order valence-corrected chi connectivity index (χ4v) is 6.57. The van der Waals surface area contributed by atoms with Crippen LogP contribution in [0, 0.1) is 5.41 Å². The van der Waals surface area contributed by atoms with Crippen molar-refractivity contribution in [3.05, 3.63) is 65.7 Å². The Morgan fingerprint density at radius 2 is 1.81 bits per heavy atom. The number of anilines is 1. The van der Waals surface area contributed by atoms with Crippen molar-refractivity contribution in [1.82, 2.24) is 9.80 Å². The predicted octanol–water partition coefficient (Wildman–Crippen LogP) is 3.19. The minimum atomic E-state index is -0.635. The average molecular weight is 417 g/mol. The molecule has 31 heavy (non-hydrogen) atoms. The number of nitrogens with one attached hydrogen (secondary N) is 1. The van der Waals surface area contributed by atoms with E-state index in [4.69, 9.17) is 4.74 Å². The number of ether oxygens (including phenoxy) is 1. The van der Waals surface area contributed by atoms with E-state index in [-0.39, 0.29) is 24.1 Å². The normalized spacial score (nSPS) is 31.8. The molecule has 2 aromatic carbocycles. The molecule has 0 amide bonds. The minimum absolute atomic E-state index is 0.00156. The van der Waals surface area contributed by atoms with Crippen molar-refractivity contribution in [2.45, 2.75) is 49.5 Å². The Hall–Kier alpha value is -2.70. The van der Waals surface area contributed by atoms with Gasteiger partial charge in [0.15, 0.2) is 0 Å². The Kier molecular flexibility index (Phi) is 4.24. The summed E-state index contributed by atoms with van der Waals surface area (Å²) >= 11 is 0. The number of hydrogen-bond acceptors (Lipinski definition) is 5. The Labute approximate surface area is 182 Å². The molecule has 4 aliphatic rings. The van der Waals surface area contributed by atoms with Gasteiger partial charge in [0.25, 0.3) is 0 Å². The van der Waals surface area contributed by atoms with E-state index in [0.717, 1.165) is 38.0 Å². The number of fused-ring (bicyclic) bond motifs is 3. The molecule has 160 valence electrons. The zero-order valence-electron chi connectivity index (χ0n) is 17.8. The molecule has 1 N–H and O–H groups in total. The molecular formula is C25H28N4O2. The third-order valence-corrected chi connectivity index (χ3v) is 7.76. The highest BCUT2D eigenvalue weighted by Gasteiger charge is 2.69. The van der Waals surface area contributed by atoms with E-state index in [2.05, 4.69) is 63.2 Å². The Morgan fingerprint density at radius 1 is 1.10 bits per heavy atom. The molecule has 0 unspecified atom stereocenters. The first kappa shape index (κ1) is 19.0. The van der Waals surface area contributed by atoms with Crippen molar-refractivity contribution >= 4 is 17.5 Å². The number of benzene rings is 2. The quantitative estimate of drug-likeness (QED) is 0.776. The number of amidine groups is 1. The van der Waals surface area contributed by atoms with E-state index in [0.29, 0.717) is 12.3 Å². The second-order valence-electron chi connectivity index (χ2n) is 9.15. The number of esters is 1. The van der Waals surface area contributed by atoms with Crippen LogP contribution in [0.5, 0.6) is 0 Å². The molecule has 4 atom stereocenters. The van der Waals surface area contributed by atoms with Crippen LogP contribution < -0.4 is 4.90 Å². The van der Waals surface area contributed by atoms with Crippen LogP contribution in [0.1, 0.15) is 36.3 Å². The summed E-state index contributed by atoms with van der Waals surface area (Å²) in [4.78, 5) is 20.1. The zero-order valence-corrected chi connectivity index (χ0v) is 17.8. The van der Waals surface area contributed by atoms with Crippen molar-refractivity contribution in [1.29, 1.82) is 5.41 Å². The van der Waals surface area contributed by atoms with Crippen LogP contribution in [0.4, 0.5) is 5.69 Å². The van der Waals surface area contributed by atoms with E-state index in [9.17, 15) is 10.2 Å². The van der Waals surface area contributed by atoms with Gasteiger partial charge in [-0.25, -0.2) is 4.90 Å². The predicted molar refractivity (Wildman–Crippen MR) is 119 cm³/mol.